The molecule has 20 heavy (non-hydrogen) atoms. The van der Waals surface area contributed by atoms with Gasteiger partial charge in [0.1, 0.15) is 5.02 Å². The van der Waals surface area contributed by atoms with E-state index < -0.39 is 0 Å². The highest BCUT2D eigenvalue weighted by Crippen LogP contribution is 2.16. The number of anilines is 1. The Bertz CT molecular complexity index is 606. The third-order valence-electron chi connectivity index (χ3n) is 2.87. The summed E-state index contributed by atoms with van der Waals surface area (Å²) in [6.45, 7) is 5.30. The van der Waals surface area contributed by atoms with Crippen LogP contribution in [0.4, 0.5) is 5.69 Å². The topological polar surface area (TPSA) is 64.7 Å². The van der Waals surface area contributed by atoms with E-state index in [1.807, 2.05) is 30.8 Å². The van der Waals surface area contributed by atoms with Crippen LogP contribution in [0.1, 0.15) is 26.3 Å². The molecule has 0 aromatic carbocycles. The number of nitrogens with zero attached hydrogens (tertiary/aromatic N) is 4. The van der Waals surface area contributed by atoms with Gasteiger partial charge in [0.25, 0.3) is 5.56 Å². The van der Waals surface area contributed by atoms with Gasteiger partial charge in [-0.2, -0.15) is 10.2 Å². The third kappa shape index (κ3) is 3.39. The Balaban J connectivity index is 1.93. The molecular weight excluding hydrogens is 278 g/mol. The number of aromatic nitrogens is 4. The summed E-state index contributed by atoms with van der Waals surface area (Å²) >= 11 is 6.07. The molecule has 0 aliphatic heterocycles. The van der Waals surface area contributed by atoms with E-state index in [0.29, 0.717) is 12.2 Å². The van der Waals surface area contributed by atoms with Gasteiger partial charge in [-0.15, -0.1) is 0 Å². The van der Waals surface area contributed by atoms with Crippen molar-refractivity contribution in [3.8, 4) is 0 Å². The van der Waals surface area contributed by atoms with Gasteiger partial charge in [0.05, 0.1) is 17.9 Å². The zero-order chi connectivity index (χ0) is 14.5. The van der Waals surface area contributed by atoms with E-state index in [-0.39, 0.29) is 16.6 Å². The summed E-state index contributed by atoms with van der Waals surface area (Å²) in [4.78, 5) is 12.0. The van der Waals surface area contributed by atoms with Crippen LogP contribution in [-0.2, 0) is 6.54 Å². The van der Waals surface area contributed by atoms with Crippen LogP contribution in [0, 0.1) is 0 Å². The highest BCUT2D eigenvalue weighted by Gasteiger charge is 2.10. The molecule has 108 valence electrons. The second kappa shape index (κ2) is 6.56. The smallest absolute Gasteiger partial charge is 0.287 e. The Kier molecular flexibility index (Phi) is 4.79. The fraction of sp³-hybridized carbons (Fsp3) is 0.462. The highest BCUT2D eigenvalue weighted by molar-refractivity contribution is 6.32. The van der Waals surface area contributed by atoms with Gasteiger partial charge >= 0.3 is 0 Å². The lowest BCUT2D eigenvalue weighted by atomic mass is 10.3. The first kappa shape index (κ1) is 14.6. The average Bonchev–Trinajstić information content (AvgIpc) is 2.92. The fourth-order valence-electron chi connectivity index (χ4n) is 1.83. The lowest BCUT2D eigenvalue weighted by molar-refractivity contribution is 0.503. The summed E-state index contributed by atoms with van der Waals surface area (Å²) < 4.78 is 3.23. The van der Waals surface area contributed by atoms with Gasteiger partial charge in [-0.05, 0) is 26.3 Å². The summed E-state index contributed by atoms with van der Waals surface area (Å²) in [7, 11) is 0. The first-order valence-electron chi connectivity index (χ1n) is 6.58. The Labute approximate surface area is 122 Å². The normalized spacial score (nSPS) is 11.0. The molecule has 0 saturated heterocycles. The Morgan fingerprint density at radius 1 is 1.40 bits per heavy atom. The van der Waals surface area contributed by atoms with Crippen molar-refractivity contribution in [3.63, 3.8) is 0 Å². The minimum absolute atomic E-state index is 0.00568. The molecule has 6 nitrogen and oxygen atoms in total. The number of aryl methyl sites for hydroxylation is 1. The molecule has 1 N–H and O–H groups in total. The van der Waals surface area contributed by atoms with Crippen molar-refractivity contribution >= 4 is 17.3 Å². The van der Waals surface area contributed by atoms with Crippen molar-refractivity contribution in [3.05, 3.63) is 40.0 Å². The summed E-state index contributed by atoms with van der Waals surface area (Å²) in [5, 5.41) is 11.5. The number of rotatable bonds is 6. The summed E-state index contributed by atoms with van der Waals surface area (Å²) in [5.74, 6) is 0. The van der Waals surface area contributed by atoms with Crippen molar-refractivity contribution in [2.45, 2.75) is 32.9 Å². The maximum absolute atomic E-state index is 12.0. The van der Waals surface area contributed by atoms with Crippen molar-refractivity contribution in [2.24, 2.45) is 0 Å². The lowest BCUT2D eigenvalue weighted by Gasteiger charge is -2.12. The minimum atomic E-state index is -0.265. The predicted molar refractivity (Wildman–Crippen MR) is 79.2 cm³/mol. The van der Waals surface area contributed by atoms with Gasteiger partial charge in [-0.25, -0.2) is 4.68 Å². The van der Waals surface area contributed by atoms with E-state index in [1.165, 1.54) is 4.68 Å². The van der Waals surface area contributed by atoms with Crippen LogP contribution in [0.15, 0.2) is 29.5 Å². The second-order valence-electron chi connectivity index (χ2n) is 4.77. The predicted octanol–water partition coefficient (Wildman–Crippen LogP) is 2.18. The Hall–Kier alpha value is -1.82. The van der Waals surface area contributed by atoms with E-state index in [9.17, 15) is 4.79 Å². The number of halogens is 1. The molecule has 2 aromatic heterocycles. The maximum Gasteiger partial charge on any atom is 0.287 e. The van der Waals surface area contributed by atoms with Crippen LogP contribution in [0.25, 0.3) is 0 Å². The molecule has 2 aromatic rings. The van der Waals surface area contributed by atoms with Crippen molar-refractivity contribution in [2.75, 3.05) is 11.9 Å². The van der Waals surface area contributed by atoms with Crippen molar-refractivity contribution in [1.82, 2.24) is 19.6 Å². The molecule has 2 heterocycles. The molecule has 0 spiro atoms. The van der Waals surface area contributed by atoms with Gasteiger partial charge in [0, 0.05) is 25.5 Å². The Morgan fingerprint density at radius 2 is 2.20 bits per heavy atom. The van der Waals surface area contributed by atoms with Crippen molar-refractivity contribution in [1.29, 1.82) is 0 Å². The lowest BCUT2D eigenvalue weighted by Crippen LogP contribution is -2.26. The van der Waals surface area contributed by atoms with Crippen LogP contribution in [0.3, 0.4) is 0 Å². The molecule has 0 bridgehead atoms. The van der Waals surface area contributed by atoms with Crippen LogP contribution < -0.4 is 10.9 Å². The third-order valence-corrected chi connectivity index (χ3v) is 3.24. The van der Waals surface area contributed by atoms with Gasteiger partial charge in [0.15, 0.2) is 0 Å². The van der Waals surface area contributed by atoms with E-state index in [0.717, 1.165) is 13.0 Å². The molecule has 0 aliphatic rings. The van der Waals surface area contributed by atoms with Crippen LogP contribution >= 0.6 is 11.6 Å². The van der Waals surface area contributed by atoms with Crippen LogP contribution in [0.5, 0.6) is 0 Å². The summed E-state index contributed by atoms with van der Waals surface area (Å²) in [6, 6.07) is 1.88. The van der Waals surface area contributed by atoms with E-state index >= 15 is 0 Å². The molecule has 0 radical (unpaired) electrons. The van der Waals surface area contributed by atoms with Gasteiger partial charge in [-0.1, -0.05) is 11.6 Å². The molecule has 0 amide bonds. The standard InChI is InChI=1S/C13H18ClN5O/c1-10(2)19-13(20)12(14)11(9-17-19)15-5-3-7-18-8-4-6-16-18/h4,6,8-10,15H,3,5,7H2,1-2H3. The van der Waals surface area contributed by atoms with Gasteiger partial charge < -0.3 is 5.32 Å². The molecule has 2 rings (SSSR count). The minimum Gasteiger partial charge on any atom is -0.382 e. The maximum atomic E-state index is 12.0. The fourth-order valence-corrected chi connectivity index (χ4v) is 2.03. The highest BCUT2D eigenvalue weighted by atomic mass is 35.5. The molecule has 0 atom stereocenters. The summed E-state index contributed by atoms with van der Waals surface area (Å²) in [6.07, 6.45) is 6.14. The first-order valence-corrected chi connectivity index (χ1v) is 6.96. The zero-order valence-corrected chi connectivity index (χ0v) is 12.3. The van der Waals surface area contributed by atoms with E-state index in [2.05, 4.69) is 15.5 Å². The van der Waals surface area contributed by atoms with Gasteiger partial charge in [-0.3, -0.25) is 9.48 Å². The average molecular weight is 296 g/mol. The van der Waals surface area contributed by atoms with Gasteiger partial charge in [0.2, 0.25) is 0 Å². The van der Waals surface area contributed by atoms with Crippen LogP contribution in [-0.4, -0.2) is 26.1 Å². The number of hydrogen-bond donors (Lipinski definition) is 1. The molecule has 0 unspecified atom stereocenters. The van der Waals surface area contributed by atoms with Crippen LogP contribution in [0.2, 0.25) is 5.02 Å². The molecule has 7 heteroatoms. The molecular formula is C13H18ClN5O. The molecule has 0 saturated carbocycles. The SMILES string of the molecule is CC(C)n1ncc(NCCCn2cccn2)c(Cl)c1=O. The quantitative estimate of drug-likeness (QED) is 0.830. The second-order valence-corrected chi connectivity index (χ2v) is 5.14. The van der Waals surface area contributed by atoms with E-state index in [1.54, 1.807) is 12.4 Å². The molecule has 0 aliphatic carbocycles. The largest absolute Gasteiger partial charge is 0.382 e. The monoisotopic (exact) mass is 295 g/mol. The Morgan fingerprint density at radius 3 is 2.85 bits per heavy atom. The van der Waals surface area contributed by atoms with E-state index in [4.69, 9.17) is 11.6 Å². The first-order chi connectivity index (χ1) is 9.59. The van der Waals surface area contributed by atoms with Crippen molar-refractivity contribution < 1.29 is 0 Å². The number of hydrogen-bond acceptors (Lipinski definition) is 4. The molecule has 0 fully saturated rings. The number of nitrogens with one attached hydrogen (secondary N) is 1. The summed E-state index contributed by atoms with van der Waals surface area (Å²) in [5.41, 5.74) is 0.313. The zero-order valence-electron chi connectivity index (χ0n) is 11.6.